The van der Waals surface area contributed by atoms with Crippen LogP contribution in [0.1, 0.15) is 25.8 Å². The number of hydrogen-bond acceptors (Lipinski definition) is 3. The third kappa shape index (κ3) is 3.59. The maximum absolute atomic E-state index is 11.9. The topological polar surface area (TPSA) is 55.1 Å². The van der Waals surface area contributed by atoms with Crippen LogP contribution >= 0.6 is 0 Å². The molecule has 23 heavy (non-hydrogen) atoms. The number of anilines is 1. The van der Waals surface area contributed by atoms with Crippen LogP contribution in [0.15, 0.2) is 46.9 Å². The second kappa shape index (κ2) is 6.24. The molecule has 0 bridgehead atoms. The molecule has 118 valence electrons. The molecule has 4 nitrogen and oxygen atoms in total. The van der Waals surface area contributed by atoms with E-state index in [9.17, 15) is 4.79 Å². The number of aromatic nitrogens is 1. The largest absolute Gasteiger partial charge is 0.436 e. The molecule has 1 heterocycles. The summed E-state index contributed by atoms with van der Waals surface area (Å²) in [6, 6.07) is 13.5. The van der Waals surface area contributed by atoms with E-state index in [1.807, 2.05) is 63.2 Å². The normalized spacial score (nSPS) is 11.1. The molecule has 4 heteroatoms. The first-order valence-corrected chi connectivity index (χ1v) is 7.79. The third-order valence-corrected chi connectivity index (χ3v) is 3.53. The van der Waals surface area contributed by atoms with Gasteiger partial charge in [-0.05, 0) is 48.7 Å². The highest BCUT2D eigenvalue weighted by molar-refractivity contribution is 5.91. The van der Waals surface area contributed by atoms with E-state index in [0.29, 0.717) is 18.2 Å². The van der Waals surface area contributed by atoms with E-state index in [4.69, 9.17) is 4.42 Å². The Bertz CT molecular complexity index is 849. The molecule has 2 aromatic carbocycles. The lowest BCUT2D eigenvalue weighted by molar-refractivity contribution is -0.116. The number of benzene rings is 2. The molecule has 0 aliphatic rings. The molecule has 1 aromatic heterocycles. The Morgan fingerprint density at radius 2 is 2.04 bits per heavy atom. The van der Waals surface area contributed by atoms with Crippen molar-refractivity contribution in [3.8, 4) is 11.5 Å². The lowest BCUT2D eigenvalue weighted by Crippen LogP contribution is -2.13. The van der Waals surface area contributed by atoms with Crippen LogP contribution < -0.4 is 5.32 Å². The van der Waals surface area contributed by atoms with Gasteiger partial charge in [-0.25, -0.2) is 4.98 Å². The van der Waals surface area contributed by atoms with Gasteiger partial charge in [-0.3, -0.25) is 4.79 Å². The molecule has 1 N–H and O–H groups in total. The predicted octanol–water partition coefficient (Wildman–Crippen LogP) is 4.79. The lowest BCUT2D eigenvalue weighted by atomic mass is 10.1. The van der Waals surface area contributed by atoms with Gasteiger partial charge in [0.25, 0.3) is 0 Å². The average Bonchev–Trinajstić information content (AvgIpc) is 2.89. The lowest BCUT2D eigenvalue weighted by Gasteiger charge is -2.07. The molecular weight excluding hydrogens is 288 g/mol. The number of hydrogen-bond donors (Lipinski definition) is 1. The van der Waals surface area contributed by atoms with Crippen molar-refractivity contribution in [1.82, 2.24) is 4.98 Å². The highest BCUT2D eigenvalue weighted by atomic mass is 16.3. The Labute approximate surface area is 135 Å². The van der Waals surface area contributed by atoms with Crippen molar-refractivity contribution >= 4 is 22.7 Å². The molecule has 0 fully saturated rings. The smallest absolute Gasteiger partial charge is 0.227 e. The number of rotatable bonds is 4. The zero-order valence-corrected chi connectivity index (χ0v) is 13.6. The molecule has 3 aromatic rings. The molecule has 3 rings (SSSR count). The van der Waals surface area contributed by atoms with E-state index in [1.165, 1.54) is 0 Å². The van der Waals surface area contributed by atoms with Gasteiger partial charge in [-0.2, -0.15) is 0 Å². The monoisotopic (exact) mass is 308 g/mol. The number of nitrogens with zero attached hydrogens (tertiary/aromatic N) is 1. The second-order valence-electron chi connectivity index (χ2n) is 6.22. The van der Waals surface area contributed by atoms with Crippen molar-refractivity contribution in [2.45, 2.75) is 27.2 Å². The number of fused-ring (bicyclic) bond motifs is 1. The molecular formula is C19H20N2O2. The van der Waals surface area contributed by atoms with E-state index in [-0.39, 0.29) is 5.91 Å². The molecule has 0 radical (unpaired) electrons. The summed E-state index contributed by atoms with van der Waals surface area (Å²) >= 11 is 0. The Hall–Kier alpha value is -2.62. The number of oxazole rings is 1. The summed E-state index contributed by atoms with van der Waals surface area (Å²) < 4.78 is 5.84. The minimum absolute atomic E-state index is 0.0188. The minimum atomic E-state index is 0.0188. The van der Waals surface area contributed by atoms with Crippen LogP contribution in [0, 0.1) is 12.8 Å². The van der Waals surface area contributed by atoms with Gasteiger partial charge in [0.1, 0.15) is 5.52 Å². The number of nitrogens with one attached hydrogen (secondary N) is 1. The van der Waals surface area contributed by atoms with E-state index < -0.39 is 0 Å². The Morgan fingerprint density at radius 3 is 2.83 bits per heavy atom. The molecule has 0 aliphatic carbocycles. The number of carbonyl (C=O) groups is 1. The fourth-order valence-corrected chi connectivity index (χ4v) is 2.47. The predicted molar refractivity (Wildman–Crippen MR) is 92.3 cm³/mol. The van der Waals surface area contributed by atoms with Crippen LogP contribution in [-0.4, -0.2) is 10.9 Å². The van der Waals surface area contributed by atoms with Crippen molar-refractivity contribution in [2.24, 2.45) is 5.92 Å². The zero-order chi connectivity index (χ0) is 16.4. The number of amides is 1. The van der Waals surface area contributed by atoms with Gasteiger partial charge in [-0.15, -0.1) is 0 Å². The molecule has 1 amide bonds. The Kier molecular flexibility index (Phi) is 4.15. The van der Waals surface area contributed by atoms with E-state index in [1.54, 1.807) is 0 Å². The number of carbonyl (C=O) groups excluding carboxylic acids is 1. The molecule has 0 saturated heterocycles. The maximum atomic E-state index is 11.9. The summed E-state index contributed by atoms with van der Waals surface area (Å²) in [5.41, 5.74) is 4.34. The maximum Gasteiger partial charge on any atom is 0.227 e. The van der Waals surface area contributed by atoms with Crippen LogP contribution in [0.4, 0.5) is 5.69 Å². The second-order valence-corrected chi connectivity index (χ2v) is 6.22. The van der Waals surface area contributed by atoms with Crippen molar-refractivity contribution < 1.29 is 9.21 Å². The highest BCUT2D eigenvalue weighted by Gasteiger charge is 2.10. The average molecular weight is 308 g/mol. The first kappa shape index (κ1) is 15.3. The standard InChI is InChI=1S/C19H20N2O2/c1-12(2)9-18(22)20-15-6-4-5-14(11-15)19-21-16-8-7-13(3)10-17(16)23-19/h4-8,10-12H,9H2,1-3H3,(H,20,22). The van der Waals surface area contributed by atoms with Gasteiger partial charge in [-0.1, -0.05) is 26.0 Å². The minimum Gasteiger partial charge on any atom is -0.436 e. The van der Waals surface area contributed by atoms with Gasteiger partial charge in [0.15, 0.2) is 5.58 Å². The summed E-state index contributed by atoms with van der Waals surface area (Å²) in [6.07, 6.45) is 0.506. The van der Waals surface area contributed by atoms with Gasteiger partial charge >= 0.3 is 0 Å². The summed E-state index contributed by atoms with van der Waals surface area (Å²) in [6.45, 7) is 6.07. The van der Waals surface area contributed by atoms with Crippen LogP contribution in [0.25, 0.3) is 22.6 Å². The SMILES string of the molecule is Cc1ccc2nc(-c3cccc(NC(=O)CC(C)C)c3)oc2c1. The first-order chi connectivity index (χ1) is 11.0. The molecule has 0 saturated carbocycles. The summed E-state index contributed by atoms with van der Waals surface area (Å²) in [5, 5.41) is 2.92. The third-order valence-electron chi connectivity index (χ3n) is 3.53. The fraction of sp³-hybridized carbons (Fsp3) is 0.263. The van der Waals surface area contributed by atoms with Crippen LogP contribution in [0.3, 0.4) is 0 Å². The van der Waals surface area contributed by atoms with Gasteiger partial charge < -0.3 is 9.73 Å². The van der Waals surface area contributed by atoms with E-state index in [0.717, 1.165) is 27.9 Å². The highest BCUT2D eigenvalue weighted by Crippen LogP contribution is 2.26. The van der Waals surface area contributed by atoms with Crippen molar-refractivity contribution in [2.75, 3.05) is 5.32 Å². The first-order valence-electron chi connectivity index (χ1n) is 7.79. The summed E-state index contributed by atoms with van der Waals surface area (Å²) in [4.78, 5) is 16.4. The molecule has 0 aliphatic heterocycles. The quantitative estimate of drug-likeness (QED) is 0.754. The molecule has 0 atom stereocenters. The molecule has 0 spiro atoms. The summed E-state index contributed by atoms with van der Waals surface area (Å²) in [5.74, 6) is 0.911. The van der Waals surface area contributed by atoms with E-state index in [2.05, 4.69) is 10.3 Å². The van der Waals surface area contributed by atoms with Crippen LogP contribution in [0.2, 0.25) is 0 Å². The van der Waals surface area contributed by atoms with Crippen molar-refractivity contribution in [1.29, 1.82) is 0 Å². The number of aryl methyl sites for hydroxylation is 1. The summed E-state index contributed by atoms with van der Waals surface area (Å²) in [7, 11) is 0. The van der Waals surface area contributed by atoms with E-state index >= 15 is 0 Å². The fourth-order valence-electron chi connectivity index (χ4n) is 2.47. The van der Waals surface area contributed by atoms with Crippen LogP contribution in [-0.2, 0) is 4.79 Å². The Morgan fingerprint density at radius 1 is 1.22 bits per heavy atom. The Balaban J connectivity index is 1.87. The van der Waals surface area contributed by atoms with Gasteiger partial charge in [0.05, 0.1) is 0 Å². The van der Waals surface area contributed by atoms with Crippen molar-refractivity contribution in [3.05, 3.63) is 48.0 Å². The molecule has 0 unspecified atom stereocenters. The van der Waals surface area contributed by atoms with Gasteiger partial charge in [0, 0.05) is 17.7 Å². The van der Waals surface area contributed by atoms with Crippen LogP contribution in [0.5, 0.6) is 0 Å². The van der Waals surface area contributed by atoms with Gasteiger partial charge in [0.2, 0.25) is 11.8 Å². The zero-order valence-electron chi connectivity index (χ0n) is 13.6. The van der Waals surface area contributed by atoms with Crippen molar-refractivity contribution in [3.63, 3.8) is 0 Å².